The van der Waals surface area contributed by atoms with E-state index in [1.54, 1.807) is 7.05 Å². The molecule has 1 aliphatic carbocycles. The van der Waals surface area contributed by atoms with E-state index in [2.05, 4.69) is 0 Å². The first-order valence-electron chi connectivity index (χ1n) is 5.32. The van der Waals surface area contributed by atoms with Crippen molar-refractivity contribution in [2.45, 2.75) is 23.8 Å². The largest absolute Gasteiger partial charge is 0.339 e. The van der Waals surface area contributed by atoms with E-state index in [0.717, 1.165) is 31.0 Å². The van der Waals surface area contributed by atoms with Gasteiger partial charge in [0.2, 0.25) is 0 Å². The molecule has 1 aromatic carbocycles. The Balaban J connectivity index is 2.40. The maximum Gasteiger partial charge on any atom is 0.261 e. The Hall–Kier alpha value is -1.14. The first kappa shape index (κ1) is 13.3. The highest BCUT2D eigenvalue weighted by Crippen LogP contribution is 2.28. The molecule has 0 heterocycles. The second-order valence-corrected chi connectivity index (χ2v) is 6.79. The summed E-state index contributed by atoms with van der Waals surface area (Å²) in [7, 11) is 2.77. The van der Waals surface area contributed by atoms with Gasteiger partial charge in [0.25, 0.3) is 15.0 Å². The molecule has 1 saturated carbocycles. The molecule has 1 aromatic rings. The predicted molar refractivity (Wildman–Crippen MR) is 64.6 cm³/mol. The maximum absolute atomic E-state index is 13.6. The van der Waals surface area contributed by atoms with Crippen molar-refractivity contribution in [1.29, 1.82) is 0 Å². The lowest BCUT2D eigenvalue weighted by Crippen LogP contribution is -2.29. The number of carbonyl (C=O) groups is 1. The molecule has 0 unspecified atom stereocenters. The lowest BCUT2D eigenvalue weighted by atomic mass is 10.2. The third kappa shape index (κ3) is 2.64. The second kappa shape index (κ2) is 4.51. The third-order valence-corrected chi connectivity index (χ3v) is 4.22. The molecule has 18 heavy (non-hydrogen) atoms. The quantitative estimate of drug-likeness (QED) is 0.800. The van der Waals surface area contributed by atoms with Gasteiger partial charge in [-0.3, -0.25) is 4.79 Å². The summed E-state index contributed by atoms with van der Waals surface area (Å²) in [6.07, 6.45) is 1.77. The number of carbonyl (C=O) groups excluding carboxylic acids is 1. The second-order valence-electron chi connectivity index (χ2n) is 4.23. The lowest BCUT2D eigenvalue weighted by Gasteiger charge is -2.16. The fourth-order valence-corrected chi connectivity index (χ4v) is 2.41. The Morgan fingerprint density at radius 2 is 2.06 bits per heavy atom. The molecule has 1 amide bonds. The minimum Gasteiger partial charge on any atom is -0.339 e. The normalized spacial score (nSPS) is 15.5. The van der Waals surface area contributed by atoms with Crippen molar-refractivity contribution in [3.05, 3.63) is 29.6 Å². The van der Waals surface area contributed by atoms with Gasteiger partial charge in [-0.05, 0) is 31.0 Å². The molecule has 2 rings (SSSR count). The van der Waals surface area contributed by atoms with Crippen LogP contribution in [0.15, 0.2) is 23.1 Å². The lowest BCUT2D eigenvalue weighted by molar-refractivity contribution is 0.0780. The van der Waals surface area contributed by atoms with Crippen LogP contribution in [0.25, 0.3) is 0 Å². The van der Waals surface area contributed by atoms with Crippen LogP contribution in [0.5, 0.6) is 0 Å². The van der Waals surface area contributed by atoms with Crippen LogP contribution in [0.1, 0.15) is 23.2 Å². The Kier molecular flexibility index (Phi) is 3.33. The molecule has 0 atom stereocenters. The van der Waals surface area contributed by atoms with Crippen molar-refractivity contribution in [2.24, 2.45) is 0 Å². The summed E-state index contributed by atoms with van der Waals surface area (Å²) >= 11 is 0. The molecule has 0 saturated heterocycles. The van der Waals surface area contributed by atoms with Gasteiger partial charge in [-0.2, -0.15) is 0 Å². The maximum atomic E-state index is 13.6. The Morgan fingerprint density at radius 3 is 2.56 bits per heavy atom. The Bertz CT molecular complexity index is 598. The molecule has 0 aromatic heterocycles. The average Bonchev–Trinajstić information content (AvgIpc) is 3.10. The minimum absolute atomic E-state index is 0.119. The van der Waals surface area contributed by atoms with Crippen LogP contribution >= 0.6 is 10.7 Å². The number of hydrogen-bond acceptors (Lipinski definition) is 3. The highest BCUT2D eigenvalue weighted by molar-refractivity contribution is 8.13. The van der Waals surface area contributed by atoms with E-state index in [4.69, 9.17) is 10.7 Å². The van der Waals surface area contributed by atoms with E-state index >= 15 is 0 Å². The van der Waals surface area contributed by atoms with E-state index in [0.29, 0.717) is 0 Å². The third-order valence-electron chi connectivity index (χ3n) is 2.86. The molecule has 1 fully saturated rings. The molecule has 0 aliphatic heterocycles. The van der Waals surface area contributed by atoms with Crippen LogP contribution in [-0.2, 0) is 9.05 Å². The van der Waals surface area contributed by atoms with E-state index in [-0.39, 0.29) is 16.5 Å². The first-order valence-corrected chi connectivity index (χ1v) is 7.63. The molecule has 4 nitrogen and oxygen atoms in total. The number of rotatable bonds is 3. The highest BCUT2D eigenvalue weighted by Gasteiger charge is 2.31. The van der Waals surface area contributed by atoms with E-state index in [9.17, 15) is 17.6 Å². The van der Waals surface area contributed by atoms with Crippen molar-refractivity contribution in [3.8, 4) is 0 Å². The SMILES string of the molecule is CN(C(=O)c1cc(S(=O)(=O)Cl)ccc1F)C1CC1. The van der Waals surface area contributed by atoms with E-state index in [1.807, 2.05) is 0 Å². The van der Waals surface area contributed by atoms with Crippen molar-refractivity contribution in [2.75, 3.05) is 7.05 Å². The smallest absolute Gasteiger partial charge is 0.261 e. The predicted octanol–water partition coefficient (Wildman–Crippen LogP) is 1.99. The molecule has 0 N–H and O–H groups in total. The molecular formula is C11H11ClFNO3S. The van der Waals surface area contributed by atoms with Crippen molar-refractivity contribution >= 4 is 25.6 Å². The van der Waals surface area contributed by atoms with Crippen LogP contribution in [-0.4, -0.2) is 32.3 Å². The van der Waals surface area contributed by atoms with Gasteiger partial charge in [-0.1, -0.05) is 0 Å². The molecule has 0 radical (unpaired) electrons. The molecule has 1 aliphatic rings. The molecule has 0 spiro atoms. The van der Waals surface area contributed by atoms with Crippen molar-refractivity contribution < 1.29 is 17.6 Å². The van der Waals surface area contributed by atoms with Crippen molar-refractivity contribution in [1.82, 2.24) is 4.90 Å². The summed E-state index contributed by atoms with van der Waals surface area (Å²) in [4.78, 5) is 13.1. The van der Waals surface area contributed by atoms with Crippen LogP contribution < -0.4 is 0 Å². The topological polar surface area (TPSA) is 54.5 Å². The number of amides is 1. The molecular weight excluding hydrogens is 281 g/mol. The fraction of sp³-hybridized carbons (Fsp3) is 0.364. The van der Waals surface area contributed by atoms with Crippen LogP contribution in [0, 0.1) is 5.82 Å². The first-order chi connectivity index (χ1) is 8.30. The molecule has 98 valence electrons. The zero-order chi connectivity index (χ0) is 13.5. The fourth-order valence-electron chi connectivity index (χ4n) is 1.64. The standard InChI is InChI=1S/C11H11ClFNO3S/c1-14(7-2-3-7)11(15)9-6-8(18(12,16)17)4-5-10(9)13/h4-7H,2-3H2,1H3. The van der Waals surface area contributed by atoms with Crippen LogP contribution in [0.4, 0.5) is 4.39 Å². The minimum atomic E-state index is -3.97. The summed E-state index contributed by atoms with van der Waals surface area (Å²) in [5.41, 5.74) is -0.272. The van der Waals surface area contributed by atoms with Gasteiger partial charge in [-0.25, -0.2) is 12.8 Å². The van der Waals surface area contributed by atoms with Gasteiger partial charge in [0.1, 0.15) is 5.82 Å². The van der Waals surface area contributed by atoms with E-state index in [1.165, 1.54) is 4.90 Å². The summed E-state index contributed by atoms with van der Waals surface area (Å²) < 4.78 is 35.9. The van der Waals surface area contributed by atoms with Crippen LogP contribution in [0.3, 0.4) is 0 Å². The average molecular weight is 292 g/mol. The van der Waals surface area contributed by atoms with Gasteiger partial charge in [0.05, 0.1) is 10.5 Å². The van der Waals surface area contributed by atoms with Gasteiger partial charge in [0.15, 0.2) is 0 Å². The summed E-state index contributed by atoms with van der Waals surface area (Å²) in [5, 5.41) is 0. The van der Waals surface area contributed by atoms with E-state index < -0.39 is 20.8 Å². The summed E-state index contributed by atoms with van der Waals surface area (Å²) in [6, 6.07) is 3.06. The number of hydrogen-bond donors (Lipinski definition) is 0. The highest BCUT2D eigenvalue weighted by atomic mass is 35.7. The summed E-state index contributed by atoms with van der Waals surface area (Å²) in [6.45, 7) is 0. The van der Waals surface area contributed by atoms with Gasteiger partial charge >= 0.3 is 0 Å². The zero-order valence-electron chi connectivity index (χ0n) is 9.56. The Labute approximate surface area is 109 Å². The monoisotopic (exact) mass is 291 g/mol. The van der Waals surface area contributed by atoms with Crippen molar-refractivity contribution in [3.63, 3.8) is 0 Å². The number of halogens is 2. The Morgan fingerprint density at radius 1 is 1.44 bits per heavy atom. The van der Waals surface area contributed by atoms with Gasteiger partial charge < -0.3 is 4.90 Å². The molecule has 0 bridgehead atoms. The number of nitrogens with zero attached hydrogens (tertiary/aromatic N) is 1. The van der Waals surface area contributed by atoms with Gasteiger partial charge in [0, 0.05) is 23.8 Å². The van der Waals surface area contributed by atoms with Gasteiger partial charge in [-0.15, -0.1) is 0 Å². The number of benzene rings is 1. The molecule has 7 heteroatoms. The zero-order valence-corrected chi connectivity index (χ0v) is 11.1. The van der Waals surface area contributed by atoms with Crippen LogP contribution in [0.2, 0.25) is 0 Å². The summed E-state index contributed by atoms with van der Waals surface area (Å²) in [5.74, 6) is -1.28.